The number of nitrogens with zero attached hydrogens (tertiary/aromatic N) is 1. The van der Waals surface area contributed by atoms with Gasteiger partial charge in [0.05, 0.1) is 17.5 Å². The van der Waals surface area contributed by atoms with Crippen LogP contribution in [0, 0.1) is 13.8 Å². The maximum Gasteiger partial charge on any atom is 0.251 e. The van der Waals surface area contributed by atoms with Crippen LogP contribution in [0.4, 0.5) is 5.69 Å². The van der Waals surface area contributed by atoms with Gasteiger partial charge >= 0.3 is 0 Å². The average Bonchev–Trinajstić information content (AvgIpc) is 2.68. The summed E-state index contributed by atoms with van der Waals surface area (Å²) in [5.74, 6) is 0.667. The van der Waals surface area contributed by atoms with Gasteiger partial charge in [-0.3, -0.25) is 9.10 Å². The monoisotopic (exact) mass is 416 g/mol. The Bertz CT molecular complexity index is 988. The van der Waals surface area contributed by atoms with Gasteiger partial charge in [-0.1, -0.05) is 12.1 Å². The van der Waals surface area contributed by atoms with Gasteiger partial charge in [0.1, 0.15) is 12.4 Å². The van der Waals surface area contributed by atoms with Crippen LogP contribution in [0.2, 0.25) is 0 Å². The molecule has 6 nitrogen and oxygen atoms in total. The van der Waals surface area contributed by atoms with Crippen molar-refractivity contribution in [2.24, 2.45) is 0 Å². The Kier molecular flexibility index (Phi) is 6.47. The third kappa shape index (κ3) is 5.29. The Morgan fingerprint density at radius 1 is 1.14 bits per heavy atom. The number of nitrogens with one attached hydrogen (secondary N) is 1. The van der Waals surface area contributed by atoms with Crippen molar-refractivity contribution >= 4 is 21.6 Å². The molecule has 1 atom stereocenters. The van der Waals surface area contributed by atoms with Gasteiger partial charge in [-0.05, 0) is 75.1 Å². The van der Waals surface area contributed by atoms with E-state index >= 15 is 0 Å². The molecule has 0 aliphatic carbocycles. The molecule has 2 aromatic rings. The Hall–Kier alpha value is -2.54. The second-order valence-corrected chi connectivity index (χ2v) is 9.59. The number of amides is 1. The fourth-order valence-corrected chi connectivity index (χ4v) is 4.89. The summed E-state index contributed by atoms with van der Waals surface area (Å²) in [5, 5.41) is 2.91. The Morgan fingerprint density at radius 3 is 2.66 bits per heavy atom. The van der Waals surface area contributed by atoms with Crippen LogP contribution >= 0.6 is 0 Å². The van der Waals surface area contributed by atoms with Crippen molar-refractivity contribution in [2.45, 2.75) is 39.7 Å². The highest BCUT2D eigenvalue weighted by Gasteiger charge is 2.26. The van der Waals surface area contributed by atoms with Crippen LogP contribution in [0.1, 0.15) is 41.3 Å². The smallest absolute Gasteiger partial charge is 0.251 e. The van der Waals surface area contributed by atoms with Gasteiger partial charge in [0.15, 0.2) is 0 Å². The molecule has 0 bridgehead atoms. The molecule has 156 valence electrons. The molecule has 1 heterocycles. The number of rotatable bonds is 6. The first kappa shape index (κ1) is 21.2. The molecule has 1 aliphatic heterocycles. The van der Waals surface area contributed by atoms with Crippen LogP contribution in [0.3, 0.4) is 0 Å². The van der Waals surface area contributed by atoms with E-state index in [2.05, 4.69) is 5.32 Å². The number of benzene rings is 2. The molecule has 0 unspecified atom stereocenters. The molecule has 7 heteroatoms. The zero-order valence-electron chi connectivity index (χ0n) is 17.1. The molecule has 1 N–H and O–H groups in total. The highest BCUT2D eigenvalue weighted by Crippen LogP contribution is 2.24. The summed E-state index contributed by atoms with van der Waals surface area (Å²) >= 11 is 0. The Morgan fingerprint density at radius 2 is 1.93 bits per heavy atom. The number of carbonyl (C=O) groups excluding carboxylic acids is 1. The van der Waals surface area contributed by atoms with Crippen molar-refractivity contribution < 1.29 is 17.9 Å². The molecule has 0 saturated carbocycles. The molecule has 1 amide bonds. The third-order valence-corrected chi connectivity index (χ3v) is 6.97. The number of aryl methyl sites for hydroxylation is 2. The fourth-order valence-electron chi connectivity index (χ4n) is 3.25. The third-order valence-electron chi connectivity index (χ3n) is 5.10. The minimum absolute atomic E-state index is 0.149. The van der Waals surface area contributed by atoms with Gasteiger partial charge in [0.2, 0.25) is 10.0 Å². The minimum Gasteiger partial charge on any atom is -0.491 e. The summed E-state index contributed by atoms with van der Waals surface area (Å²) in [7, 11) is -3.31. The van der Waals surface area contributed by atoms with Crippen molar-refractivity contribution in [2.75, 3.05) is 23.2 Å². The Labute approximate surface area is 172 Å². The molecule has 0 radical (unpaired) electrons. The SMILES string of the molecule is Cc1ccc(OC[C@@H](C)NC(=O)c2cccc(N3CCCCS3(=O)=O)c2)cc1C. The van der Waals surface area contributed by atoms with Crippen LogP contribution in [-0.4, -0.2) is 39.3 Å². The van der Waals surface area contributed by atoms with Crippen LogP contribution in [0.5, 0.6) is 5.75 Å². The molecule has 1 aliphatic rings. The van der Waals surface area contributed by atoms with Gasteiger partial charge in [-0.25, -0.2) is 8.42 Å². The average molecular weight is 417 g/mol. The lowest BCUT2D eigenvalue weighted by Gasteiger charge is -2.28. The molecule has 0 aromatic heterocycles. The molecule has 1 fully saturated rings. The number of ether oxygens (including phenoxy) is 1. The van der Waals surface area contributed by atoms with E-state index in [0.717, 1.165) is 17.7 Å². The Balaban J connectivity index is 1.62. The van der Waals surface area contributed by atoms with E-state index in [1.54, 1.807) is 24.3 Å². The minimum atomic E-state index is -3.31. The number of hydrogen-bond acceptors (Lipinski definition) is 4. The zero-order chi connectivity index (χ0) is 21.0. The number of carbonyl (C=O) groups is 1. The maximum absolute atomic E-state index is 12.6. The van der Waals surface area contributed by atoms with Crippen LogP contribution in [0.25, 0.3) is 0 Å². The van der Waals surface area contributed by atoms with E-state index in [9.17, 15) is 13.2 Å². The molecule has 29 heavy (non-hydrogen) atoms. The topological polar surface area (TPSA) is 75.7 Å². The van der Waals surface area contributed by atoms with Crippen molar-refractivity contribution in [1.29, 1.82) is 0 Å². The highest BCUT2D eigenvalue weighted by molar-refractivity contribution is 7.92. The molecular weight excluding hydrogens is 388 g/mol. The standard InChI is InChI=1S/C22H28N2O4S/c1-16-9-10-21(13-17(16)2)28-15-18(3)23-22(25)19-7-6-8-20(14-19)24-11-4-5-12-29(24,26)27/h6-10,13-14,18H,4-5,11-12,15H2,1-3H3,(H,23,25)/t18-/m1/s1. The van der Waals surface area contributed by atoms with E-state index in [-0.39, 0.29) is 17.7 Å². The van der Waals surface area contributed by atoms with Crippen molar-refractivity contribution in [1.82, 2.24) is 5.32 Å². The van der Waals surface area contributed by atoms with Gasteiger partial charge in [-0.15, -0.1) is 0 Å². The van der Waals surface area contributed by atoms with E-state index < -0.39 is 10.0 Å². The summed E-state index contributed by atoms with van der Waals surface area (Å²) in [6.07, 6.45) is 1.50. The van der Waals surface area contributed by atoms with Crippen LogP contribution in [-0.2, 0) is 10.0 Å². The summed E-state index contributed by atoms with van der Waals surface area (Å²) in [6, 6.07) is 12.5. The van der Waals surface area contributed by atoms with E-state index in [1.165, 1.54) is 9.87 Å². The number of hydrogen-bond donors (Lipinski definition) is 1. The number of sulfonamides is 1. The van der Waals surface area contributed by atoms with E-state index in [1.807, 2.05) is 39.0 Å². The summed E-state index contributed by atoms with van der Waals surface area (Å²) in [6.45, 7) is 6.74. The van der Waals surface area contributed by atoms with Gasteiger partial charge in [0, 0.05) is 12.1 Å². The maximum atomic E-state index is 12.6. The quantitative estimate of drug-likeness (QED) is 0.783. The summed E-state index contributed by atoms with van der Waals surface area (Å²) in [5.41, 5.74) is 3.33. The fraction of sp³-hybridized carbons (Fsp3) is 0.409. The first-order valence-corrected chi connectivity index (χ1v) is 11.5. The van der Waals surface area contributed by atoms with Crippen molar-refractivity contribution in [3.8, 4) is 5.75 Å². The lowest BCUT2D eigenvalue weighted by molar-refractivity contribution is 0.0926. The lowest BCUT2D eigenvalue weighted by Crippen LogP contribution is -2.38. The predicted molar refractivity (Wildman–Crippen MR) is 115 cm³/mol. The van der Waals surface area contributed by atoms with Crippen molar-refractivity contribution in [3.05, 3.63) is 59.2 Å². The zero-order valence-corrected chi connectivity index (χ0v) is 18.0. The normalized spacial score (nSPS) is 16.9. The van der Waals surface area contributed by atoms with E-state index in [4.69, 9.17) is 4.74 Å². The summed E-state index contributed by atoms with van der Waals surface area (Å²) < 4.78 is 31.8. The molecule has 3 rings (SSSR count). The first-order valence-electron chi connectivity index (χ1n) is 9.88. The van der Waals surface area contributed by atoms with Crippen LogP contribution < -0.4 is 14.4 Å². The van der Waals surface area contributed by atoms with Crippen LogP contribution in [0.15, 0.2) is 42.5 Å². The molecule has 0 spiro atoms. The summed E-state index contributed by atoms with van der Waals surface area (Å²) in [4.78, 5) is 12.6. The number of anilines is 1. The van der Waals surface area contributed by atoms with Gasteiger partial charge in [0.25, 0.3) is 5.91 Å². The van der Waals surface area contributed by atoms with Crippen molar-refractivity contribution in [3.63, 3.8) is 0 Å². The second kappa shape index (κ2) is 8.86. The van der Waals surface area contributed by atoms with Gasteiger partial charge < -0.3 is 10.1 Å². The molecule has 2 aromatic carbocycles. The highest BCUT2D eigenvalue weighted by atomic mass is 32.2. The van der Waals surface area contributed by atoms with Gasteiger partial charge in [-0.2, -0.15) is 0 Å². The lowest BCUT2D eigenvalue weighted by atomic mass is 10.1. The molecular formula is C22H28N2O4S. The van der Waals surface area contributed by atoms with E-state index in [0.29, 0.717) is 30.8 Å². The largest absolute Gasteiger partial charge is 0.491 e. The molecule has 1 saturated heterocycles. The first-order chi connectivity index (χ1) is 13.8. The second-order valence-electron chi connectivity index (χ2n) is 7.58. The predicted octanol–water partition coefficient (Wildman–Crippen LogP) is 3.43.